The number of rotatable bonds is 3. The summed E-state index contributed by atoms with van der Waals surface area (Å²) < 4.78 is 11.7. The van der Waals surface area contributed by atoms with Gasteiger partial charge in [0.05, 0.1) is 23.2 Å². The van der Waals surface area contributed by atoms with Gasteiger partial charge in [0.25, 0.3) is 0 Å². The molecule has 1 N–H and O–H groups in total. The molecule has 114 valence electrons. The molecule has 0 amide bonds. The number of piperidine rings is 1. The number of hydrogen-bond donors (Lipinski definition) is 1. The lowest BCUT2D eigenvalue weighted by Gasteiger charge is -2.18. The Morgan fingerprint density at radius 2 is 2.32 bits per heavy atom. The Kier molecular flexibility index (Phi) is 3.51. The van der Waals surface area contributed by atoms with Gasteiger partial charge in [-0.05, 0) is 37.6 Å². The summed E-state index contributed by atoms with van der Waals surface area (Å²) in [5, 5.41) is 8.24. The highest BCUT2D eigenvalue weighted by atomic mass is 32.1. The summed E-state index contributed by atoms with van der Waals surface area (Å²) in [4.78, 5) is 9.12. The van der Waals surface area contributed by atoms with Crippen LogP contribution in [0, 0.1) is 0 Å². The number of methoxy groups -OCH3 is 1. The molecule has 1 atom stereocenters. The fraction of sp³-hybridized carbons (Fsp3) is 0.400. The van der Waals surface area contributed by atoms with Crippen molar-refractivity contribution in [1.82, 2.24) is 20.4 Å². The Hall–Kier alpha value is -1.99. The number of nitrogens with zero attached hydrogens (tertiary/aromatic N) is 3. The number of fused-ring (bicyclic) bond motifs is 1. The molecule has 0 spiro atoms. The zero-order chi connectivity index (χ0) is 14.9. The van der Waals surface area contributed by atoms with Gasteiger partial charge in [-0.1, -0.05) is 5.16 Å². The van der Waals surface area contributed by atoms with Gasteiger partial charge in [-0.3, -0.25) is 0 Å². The molecular formula is C15H16N4O2S. The van der Waals surface area contributed by atoms with E-state index in [4.69, 9.17) is 9.26 Å². The van der Waals surface area contributed by atoms with Crippen molar-refractivity contribution in [3.05, 3.63) is 24.1 Å². The molecular weight excluding hydrogens is 300 g/mol. The molecule has 0 aliphatic carbocycles. The summed E-state index contributed by atoms with van der Waals surface area (Å²) >= 11 is 1.55. The summed E-state index contributed by atoms with van der Waals surface area (Å²) in [6.45, 7) is 1.97. The normalized spacial score (nSPS) is 18.7. The lowest BCUT2D eigenvalue weighted by Crippen LogP contribution is -2.28. The Morgan fingerprint density at radius 1 is 1.36 bits per heavy atom. The molecule has 0 radical (unpaired) electrons. The number of ether oxygens (including phenoxy) is 1. The second kappa shape index (κ2) is 5.66. The van der Waals surface area contributed by atoms with Crippen molar-refractivity contribution >= 4 is 21.6 Å². The quantitative estimate of drug-likeness (QED) is 0.801. The van der Waals surface area contributed by atoms with E-state index in [1.165, 1.54) is 0 Å². The van der Waals surface area contributed by atoms with Crippen LogP contribution in [0.5, 0.6) is 5.75 Å². The van der Waals surface area contributed by atoms with E-state index in [0.29, 0.717) is 17.6 Å². The monoisotopic (exact) mass is 316 g/mol. The first-order valence-electron chi connectivity index (χ1n) is 7.33. The molecule has 3 heterocycles. The fourth-order valence-electron chi connectivity index (χ4n) is 2.68. The van der Waals surface area contributed by atoms with Crippen LogP contribution < -0.4 is 10.1 Å². The third-order valence-corrected chi connectivity index (χ3v) is 4.89. The summed E-state index contributed by atoms with van der Waals surface area (Å²) in [5.41, 5.74) is 0.923. The van der Waals surface area contributed by atoms with Gasteiger partial charge in [-0.2, -0.15) is 4.98 Å². The maximum absolute atomic E-state index is 5.44. The van der Waals surface area contributed by atoms with Gasteiger partial charge < -0.3 is 14.6 Å². The predicted molar refractivity (Wildman–Crippen MR) is 84.3 cm³/mol. The van der Waals surface area contributed by atoms with Crippen LogP contribution in [0.1, 0.15) is 24.7 Å². The van der Waals surface area contributed by atoms with Gasteiger partial charge in [0.2, 0.25) is 11.7 Å². The third kappa shape index (κ3) is 2.46. The second-order valence-corrected chi connectivity index (χ2v) is 6.38. The van der Waals surface area contributed by atoms with E-state index in [-0.39, 0.29) is 0 Å². The molecule has 0 bridgehead atoms. The van der Waals surface area contributed by atoms with E-state index < -0.39 is 0 Å². The van der Waals surface area contributed by atoms with Crippen molar-refractivity contribution in [3.63, 3.8) is 0 Å². The van der Waals surface area contributed by atoms with Crippen molar-refractivity contribution in [2.75, 3.05) is 20.2 Å². The zero-order valence-electron chi connectivity index (χ0n) is 12.2. The van der Waals surface area contributed by atoms with Crippen LogP contribution in [0.15, 0.2) is 22.7 Å². The lowest BCUT2D eigenvalue weighted by atomic mass is 10.00. The maximum Gasteiger partial charge on any atom is 0.231 e. The second-order valence-electron chi connectivity index (χ2n) is 5.35. The van der Waals surface area contributed by atoms with E-state index in [9.17, 15) is 0 Å². The molecule has 1 aromatic carbocycles. The molecule has 6 nitrogen and oxygen atoms in total. The van der Waals surface area contributed by atoms with Gasteiger partial charge >= 0.3 is 0 Å². The smallest absolute Gasteiger partial charge is 0.231 e. The highest BCUT2D eigenvalue weighted by Crippen LogP contribution is 2.32. The van der Waals surface area contributed by atoms with E-state index in [2.05, 4.69) is 20.4 Å². The van der Waals surface area contributed by atoms with Gasteiger partial charge in [-0.25, -0.2) is 4.98 Å². The van der Waals surface area contributed by atoms with Crippen molar-refractivity contribution in [2.24, 2.45) is 0 Å². The SMILES string of the molecule is COc1ccc2nc(-c3noc(C4CCCNC4)n3)sc2c1. The Labute approximate surface area is 131 Å². The van der Waals surface area contributed by atoms with Crippen LogP contribution in [0.25, 0.3) is 21.0 Å². The van der Waals surface area contributed by atoms with Crippen LogP contribution in [0.4, 0.5) is 0 Å². The van der Waals surface area contributed by atoms with E-state index in [1.807, 2.05) is 18.2 Å². The molecule has 2 aromatic heterocycles. The number of nitrogens with one attached hydrogen (secondary N) is 1. The Balaban J connectivity index is 1.65. The summed E-state index contributed by atoms with van der Waals surface area (Å²) in [5.74, 6) is 2.41. The number of thiazole rings is 1. The standard InChI is InChI=1S/C15H16N4O2S/c1-20-10-4-5-11-12(7-10)22-15(17-11)13-18-14(21-19-13)9-3-2-6-16-8-9/h4-5,7,9,16H,2-3,6,8H2,1H3. The molecule has 1 aliphatic rings. The minimum absolute atomic E-state index is 0.310. The van der Waals surface area contributed by atoms with Crippen LogP contribution in [0.3, 0.4) is 0 Å². The first-order valence-corrected chi connectivity index (χ1v) is 8.14. The maximum atomic E-state index is 5.44. The van der Waals surface area contributed by atoms with Crippen molar-refractivity contribution < 1.29 is 9.26 Å². The van der Waals surface area contributed by atoms with E-state index in [0.717, 1.165) is 46.9 Å². The number of hydrogen-bond acceptors (Lipinski definition) is 7. The first-order chi connectivity index (χ1) is 10.8. The van der Waals surface area contributed by atoms with E-state index in [1.54, 1.807) is 18.4 Å². The van der Waals surface area contributed by atoms with Crippen molar-refractivity contribution in [3.8, 4) is 16.6 Å². The van der Waals surface area contributed by atoms with Gasteiger partial charge in [0.1, 0.15) is 5.75 Å². The average molecular weight is 316 g/mol. The van der Waals surface area contributed by atoms with E-state index >= 15 is 0 Å². The van der Waals surface area contributed by atoms with Crippen molar-refractivity contribution in [1.29, 1.82) is 0 Å². The predicted octanol–water partition coefficient (Wildman–Crippen LogP) is 2.82. The minimum Gasteiger partial charge on any atom is -0.497 e. The molecule has 1 unspecified atom stereocenters. The Morgan fingerprint density at radius 3 is 3.14 bits per heavy atom. The van der Waals surface area contributed by atoms with Gasteiger partial charge in [0, 0.05) is 6.54 Å². The topological polar surface area (TPSA) is 73.1 Å². The molecule has 22 heavy (non-hydrogen) atoms. The molecule has 3 aromatic rings. The molecule has 0 saturated carbocycles. The third-order valence-electron chi connectivity index (χ3n) is 3.87. The van der Waals surface area contributed by atoms with Crippen LogP contribution >= 0.6 is 11.3 Å². The first kappa shape index (κ1) is 13.7. The van der Waals surface area contributed by atoms with Crippen LogP contribution in [0.2, 0.25) is 0 Å². The molecule has 1 saturated heterocycles. The Bertz CT molecular complexity index is 792. The summed E-state index contributed by atoms with van der Waals surface area (Å²) in [6, 6.07) is 5.82. The summed E-state index contributed by atoms with van der Waals surface area (Å²) in [6.07, 6.45) is 2.23. The minimum atomic E-state index is 0.310. The number of benzene rings is 1. The molecule has 7 heteroatoms. The largest absolute Gasteiger partial charge is 0.497 e. The number of aromatic nitrogens is 3. The molecule has 4 rings (SSSR count). The van der Waals surface area contributed by atoms with Crippen molar-refractivity contribution in [2.45, 2.75) is 18.8 Å². The molecule has 1 aliphatic heterocycles. The van der Waals surface area contributed by atoms with Gasteiger partial charge in [-0.15, -0.1) is 11.3 Å². The lowest BCUT2D eigenvalue weighted by molar-refractivity contribution is 0.322. The average Bonchev–Trinajstić information content (AvgIpc) is 3.21. The van der Waals surface area contributed by atoms with Crippen LogP contribution in [-0.4, -0.2) is 35.3 Å². The molecule has 1 fully saturated rings. The highest BCUT2D eigenvalue weighted by molar-refractivity contribution is 7.21. The van der Waals surface area contributed by atoms with Gasteiger partial charge in [0.15, 0.2) is 5.01 Å². The fourth-order valence-corrected chi connectivity index (χ4v) is 3.60. The summed E-state index contributed by atoms with van der Waals surface area (Å²) in [7, 11) is 1.66. The van der Waals surface area contributed by atoms with Crippen LogP contribution in [-0.2, 0) is 0 Å². The zero-order valence-corrected chi connectivity index (χ0v) is 13.0. The highest BCUT2D eigenvalue weighted by Gasteiger charge is 2.22.